The summed E-state index contributed by atoms with van der Waals surface area (Å²) in [5, 5.41) is 23.3. The molecule has 0 bridgehead atoms. The second kappa shape index (κ2) is 70.8. The van der Waals surface area contributed by atoms with E-state index in [0.717, 1.165) is 38.5 Å². The van der Waals surface area contributed by atoms with Gasteiger partial charge in [0.25, 0.3) is 0 Å². The minimum absolute atomic E-state index is 0.0191. The fourth-order valence-electron chi connectivity index (χ4n) is 11.8. The highest BCUT2D eigenvalue weighted by molar-refractivity contribution is 5.76. The molecule has 0 aliphatic carbocycles. The minimum atomic E-state index is -0.844. The lowest BCUT2D eigenvalue weighted by molar-refractivity contribution is -0.143. The first-order chi connectivity index (χ1) is 40.0. The summed E-state index contributed by atoms with van der Waals surface area (Å²) >= 11 is 0. The van der Waals surface area contributed by atoms with Gasteiger partial charge in [-0.15, -0.1) is 0 Å². The number of carbonyl (C=O) groups is 2. The summed E-state index contributed by atoms with van der Waals surface area (Å²) in [5.74, 6) is -0.0429. The minimum Gasteiger partial charge on any atom is -0.466 e. The summed E-state index contributed by atoms with van der Waals surface area (Å²) in [6.45, 7) is 4.95. The average molecular weight is 1140 g/mol. The van der Waals surface area contributed by atoms with E-state index in [-0.39, 0.29) is 18.5 Å². The molecule has 0 aromatic heterocycles. The van der Waals surface area contributed by atoms with E-state index in [9.17, 15) is 19.8 Å². The molecule has 1 amide bonds. The second-order valence-corrected chi connectivity index (χ2v) is 25.6. The van der Waals surface area contributed by atoms with Crippen molar-refractivity contribution in [2.24, 2.45) is 0 Å². The highest BCUT2D eigenvalue weighted by Crippen LogP contribution is 2.19. The Hall–Kier alpha value is -1.66. The number of hydrogen-bond acceptors (Lipinski definition) is 5. The number of carbonyl (C=O) groups excluding carboxylic acids is 2. The van der Waals surface area contributed by atoms with Gasteiger partial charge in [-0.05, 0) is 57.8 Å². The Labute approximate surface area is 507 Å². The highest BCUT2D eigenvalue weighted by atomic mass is 16.5. The number of aliphatic hydroxyl groups excluding tert-OH is 2. The fourth-order valence-corrected chi connectivity index (χ4v) is 11.8. The van der Waals surface area contributed by atoms with Gasteiger partial charge in [0.15, 0.2) is 0 Å². The Morgan fingerprint density at radius 1 is 0.333 bits per heavy atom. The third kappa shape index (κ3) is 67.3. The molecule has 0 spiro atoms. The van der Waals surface area contributed by atoms with Crippen LogP contribution in [0.3, 0.4) is 0 Å². The van der Waals surface area contributed by atoms with Crippen LogP contribution in [0.4, 0.5) is 0 Å². The van der Waals surface area contributed by atoms with Crippen molar-refractivity contribution in [2.75, 3.05) is 13.2 Å². The van der Waals surface area contributed by atoms with Gasteiger partial charge in [0, 0.05) is 12.8 Å². The molecule has 6 nitrogen and oxygen atoms in total. The molecule has 0 aliphatic rings. The van der Waals surface area contributed by atoms with Crippen LogP contribution in [0.2, 0.25) is 0 Å². The van der Waals surface area contributed by atoms with E-state index < -0.39 is 12.1 Å². The first kappa shape index (κ1) is 79.3. The van der Waals surface area contributed by atoms with E-state index in [4.69, 9.17) is 4.74 Å². The van der Waals surface area contributed by atoms with Gasteiger partial charge >= 0.3 is 5.97 Å². The van der Waals surface area contributed by atoms with Crippen molar-refractivity contribution in [3.63, 3.8) is 0 Å². The van der Waals surface area contributed by atoms with Crippen molar-refractivity contribution in [2.45, 2.75) is 431 Å². The topological polar surface area (TPSA) is 95.9 Å². The van der Waals surface area contributed by atoms with Crippen molar-refractivity contribution < 1.29 is 24.5 Å². The predicted octanol–water partition coefficient (Wildman–Crippen LogP) is 24.1. The van der Waals surface area contributed by atoms with Gasteiger partial charge in [0.1, 0.15) is 0 Å². The summed E-state index contributed by atoms with van der Waals surface area (Å²) in [6, 6.07) is -0.627. The predicted molar refractivity (Wildman–Crippen MR) is 356 cm³/mol. The van der Waals surface area contributed by atoms with Crippen LogP contribution in [0.15, 0.2) is 24.3 Å². The zero-order valence-corrected chi connectivity index (χ0v) is 55.0. The van der Waals surface area contributed by atoms with Crippen molar-refractivity contribution >= 4 is 11.9 Å². The van der Waals surface area contributed by atoms with Crippen LogP contribution in [0.5, 0.6) is 0 Å². The molecule has 0 fully saturated rings. The largest absolute Gasteiger partial charge is 0.466 e. The van der Waals surface area contributed by atoms with Gasteiger partial charge in [-0.2, -0.15) is 0 Å². The van der Waals surface area contributed by atoms with E-state index in [1.54, 1.807) is 6.08 Å². The summed E-state index contributed by atoms with van der Waals surface area (Å²) in [5.41, 5.74) is 0. The van der Waals surface area contributed by atoms with Crippen molar-refractivity contribution in [1.82, 2.24) is 5.32 Å². The zero-order valence-electron chi connectivity index (χ0n) is 55.0. The number of allylic oxidation sites excluding steroid dienone is 3. The Balaban J connectivity index is 3.39. The standard InChI is InChI=1S/C75H145NO5/c1-3-5-7-9-11-13-15-17-18-19-20-31-34-37-40-44-47-51-55-59-63-67-73(78)72(71-77)76-74(79)68-64-60-56-52-48-45-41-38-35-32-29-27-25-23-21-22-24-26-28-30-33-36-39-42-46-50-54-58-62-66-70-81-75(80)69-65-61-57-53-49-43-16-14-12-10-8-6-4-2/h22,24,63,67,72-73,77-78H,3-21,23,25-62,64-66,68-71H2,1-2H3,(H,76,79)/b24-22-,67-63+. The number of hydrogen-bond donors (Lipinski definition) is 3. The smallest absolute Gasteiger partial charge is 0.305 e. The van der Waals surface area contributed by atoms with Gasteiger partial charge in [0.05, 0.1) is 25.4 Å². The molecule has 0 aliphatic heterocycles. The Morgan fingerprint density at radius 3 is 0.877 bits per heavy atom. The SMILES string of the molecule is CCCCCCCCCCCCCCCCCCCCC/C=C/C(O)C(CO)NC(=O)CCCCCCCCCCCCCCCC/C=C\CCCCCCCCCCCCCCOC(=O)CCCCCCCCCCCCCCC. The van der Waals surface area contributed by atoms with E-state index in [1.165, 1.54) is 353 Å². The monoisotopic (exact) mass is 1140 g/mol. The number of esters is 1. The van der Waals surface area contributed by atoms with Crippen LogP contribution in [0.1, 0.15) is 418 Å². The third-order valence-corrected chi connectivity index (χ3v) is 17.5. The molecule has 81 heavy (non-hydrogen) atoms. The number of nitrogens with one attached hydrogen (secondary N) is 1. The Bertz CT molecular complexity index is 1270. The summed E-state index contributed by atoms with van der Waals surface area (Å²) < 4.78 is 5.49. The second-order valence-electron chi connectivity index (χ2n) is 25.6. The third-order valence-electron chi connectivity index (χ3n) is 17.5. The lowest BCUT2D eigenvalue weighted by Gasteiger charge is -2.20. The van der Waals surface area contributed by atoms with Gasteiger partial charge in [-0.3, -0.25) is 9.59 Å². The maximum atomic E-state index is 12.5. The number of unbranched alkanes of at least 4 members (excludes halogenated alkanes) is 57. The molecule has 0 radical (unpaired) electrons. The molecule has 0 rings (SSSR count). The van der Waals surface area contributed by atoms with Gasteiger partial charge in [0.2, 0.25) is 5.91 Å². The van der Waals surface area contributed by atoms with Crippen molar-refractivity contribution in [3.8, 4) is 0 Å². The lowest BCUT2D eigenvalue weighted by atomic mass is 10.0. The number of ether oxygens (including phenoxy) is 1. The molecule has 0 aromatic rings. The first-order valence-corrected chi connectivity index (χ1v) is 37.1. The van der Waals surface area contributed by atoms with E-state index in [0.29, 0.717) is 19.4 Å². The van der Waals surface area contributed by atoms with E-state index in [1.807, 2.05) is 6.08 Å². The maximum Gasteiger partial charge on any atom is 0.305 e. The number of aliphatic hydroxyl groups is 2. The number of amides is 1. The molecule has 0 aromatic carbocycles. The first-order valence-electron chi connectivity index (χ1n) is 37.1. The maximum absolute atomic E-state index is 12.5. The van der Waals surface area contributed by atoms with Gasteiger partial charge in [-0.1, -0.05) is 372 Å². The van der Waals surface area contributed by atoms with Crippen LogP contribution in [-0.4, -0.2) is 47.4 Å². The summed E-state index contributed by atoms with van der Waals surface area (Å²) in [6.07, 6.45) is 89.9. The van der Waals surface area contributed by atoms with Crippen LogP contribution >= 0.6 is 0 Å². The quantitative estimate of drug-likeness (QED) is 0.0320. The molecule has 3 N–H and O–H groups in total. The molecule has 6 heteroatoms. The molecule has 2 unspecified atom stereocenters. The molecular formula is C75H145NO5. The van der Waals surface area contributed by atoms with E-state index >= 15 is 0 Å². The molecule has 480 valence electrons. The molecular weight excluding hydrogens is 995 g/mol. The summed E-state index contributed by atoms with van der Waals surface area (Å²) in [7, 11) is 0. The van der Waals surface area contributed by atoms with Gasteiger partial charge in [-0.25, -0.2) is 0 Å². The van der Waals surface area contributed by atoms with Crippen LogP contribution < -0.4 is 5.32 Å². The van der Waals surface area contributed by atoms with Crippen LogP contribution in [0, 0.1) is 0 Å². The van der Waals surface area contributed by atoms with Gasteiger partial charge < -0.3 is 20.3 Å². The van der Waals surface area contributed by atoms with Crippen molar-refractivity contribution in [3.05, 3.63) is 24.3 Å². The molecule has 0 heterocycles. The Morgan fingerprint density at radius 2 is 0.580 bits per heavy atom. The van der Waals surface area contributed by atoms with E-state index in [2.05, 4.69) is 31.3 Å². The molecule has 2 atom stereocenters. The van der Waals surface area contributed by atoms with Crippen LogP contribution in [-0.2, 0) is 14.3 Å². The van der Waals surface area contributed by atoms with Crippen molar-refractivity contribution in [1.29, 1.82) is 0 Å². The van der Waals surface area contributed by atoms with Crippen LogP contribution in [0.25, 0.3) is 0 Å². The fraction of sp³-hybridized carbons (Fsp3) is 0.920. The normalized spacial score (nSPS) is 12.6. The molecule has 0 saturated carbocycles. The lowest BCUT2D eigenvalue weighted by Crippen LogP contribution is -2.45. The zero-order chi connectivity index (χ0) is 58.5. The Kier molecular flexibility index (Phi) is 69.4. The summed E-state index contributed by atoms with van der Waals surface area (Å²) in [4.78, 5) is 24.6. The highest BCUT2D eigenvalue weighted by Gasteiger charge is 2.18. The molecule has 0 saturated heterocycles. The number of rotatable bonds is 70. The average Bonchev–Trinajstić information content (AvgIpc) is 3.47.